The van der Waals surface area contributed by atoms with E-state index in [4.69, 9.17) is 46.0 Å². The summed E-state index contributed by atoms with van der Waals surface area (Å²) in [6.45, 7) is 0. The molecule has 0 aliphatic rings. The molecule has 0 aromatic carbocycles. The SMILES string of the molecule is O=C(O)CC(O)(CC(=O)O)C(=O)[O-].O=C(O)CC(O)(CC(=O)O)C(=O)[O-].O=C(O)CC(O)(CC(=O)O)C(=O)[O-].[Co+2].[K+]. The molecule has 21 nitrogen and oxygen atoms in total. The van der Waals surface area contributed by atoms with Gasteiger partial charge in [-0.25, -0.2) is 0 Å². The fourth-order valence-corrected chi connectivity index (χ4v) is 2.12. The molecule has 0 rings (SSSR count). The zero-order valence-electron chi connectivity index (χ0n) is 20.5. The van der Waals surface area contributed by atoms with Crippen LogP contribution >= 0.6 is 0 Å². The zero-order valence-corrected chi connectivity index (χ0v) is 24.7. The Bertz CT molecular complexity index is 819. The average molecular weight is 671 g/mol. The van der Waals surface area contributed by atoms with Gasteiger partial charge in [0.2, 0.25) is 0 Å². The van der Waals surface area contributed by atoms with Crippen molar-refractivity contribution >= 4 is 53.7 Å². The molecule has 0 aromatic heterocycles. The molecule has 9 N–H and O–H groups in total. The second kappa shape index (κ2) is 21.0. The molecule has 41 heavy (non-hydrogen) atoms. The molecule has 0 saturated heterocycles. The van der Waals surface area contributed by atoms with E-state index >= 15 is 0 Å². The van der Waals surface area contributed by atoms with Crippen LogP contribution in [0.4, 0.5) is 0 Å². The molecular formula is C18H21CoKO21. The molecule has 23 heteroatoms. The van der Waals surface area contributed by atoms with Crippen LogP contribution in [0.3, 0.4) is 0 Å². The fraction of sp³-hybridized carbons (Fsp3) is 0.500. The van der Waals surface area contributed by atoms with Crippen molar-refractivity contribution in [1.82, 2.24) is 0 Å². The molecular weight excluding hydrogens is 650 g/mol. The maximum Gasteiger partial charge on any atom is 2.00 e. The van der Waals surface area contributed by atoms with Crippen LogP contribution in [-0.4, -0.2) is 116 Å². The number of carboxylic acid groups (broad SMARTS) is 9. The molecule has 0 spiro atoms. The van der Waals surface area contributed by atoms with Crippen LogP contribution in [0.5, 0.6) is 0 Å². The Morgan fingerprint density at radius 1 is 0.390 bits per heavy atom. The number of carbonyl (C=O) groups is 9. The van der Waals surface area contributed by atoms with Gasteiger partial charge in [-0.2, -0.15) is 0 Å². The van der Waals surface area contributed by atoms with E-state index in [2.05, 4.69) is 0 Å². The Morgan fingerprint density at radius 2 is 0.488 bits per heavy atom. The Balaban J connectivity index is -0.000000154. The quantitative estimate of drug-likeness (QED) is 0.0729. The minimum Gasteiger partial charge on any atom is -0.547 e. The van der Waals surface area contributed by atoms with E-state index in [-0.39, 0.29) is 68.2 Å². The van der Waals surface area contributed by atoms with Gasteiger partial charge in [0.15, 0.2) is 0 Å². The van der Waals surface area contributed by atoms with Crippen LogP contribution in [0.15, 0.2) is 0 Å². The van der Waals surface area contributed by atoms with Crippen LogP contribution in [-0.2, 0) is 59.9 Å². The van der Waals surface area contributed by atoms with Gasteiger partial charge in [0.05, 0.1) is 56.4 Å². The summed E-state index contributed by atoms with van der Waals surface area (Å²) in [5.74, 6) is -16.0. The molecule has 0 aliphatic carbocycles. The Labute approximate surface area is 279 Å². The Morgan fingerprint density at radius 3 is 0.537 bits per heavy atom. The molecule has 0 heterocycles. The topological polar surface area (TPSA) is 405 Å². The normalized spacial score (nSPS) is 10.3. The summed E-state index contributed by atoms with van der Waals surface area (Å²) in [4.78, 5) is 91.0. The molecule has 0 bridgehead atoms. The monoisotopic (exact) mass is 671 g/mol. The van der Waals surface area contributed by atoms with E-state index in [1.165, 1.54) is 0 Å². The molecule has 0 unspecified atom stereocenters. The third kappa shape index (κ3) is 22.6. The maximum atomic E-state index is 10.2. The van der Waals surface area contributed by atoms with Gasteiger partial charge in [-0.1, -0.05) is 0 Å². The van der Waals surface area contributed by atoms with E-state index in [1.807, 2.05) is 0 Å². The van der Waals surface area contributed by atoms with Crippen LogP contribution in [0.1, 0.15) is 38.5 Å². The molecule has 229 valence electrons. The number of aliphatic hydroxyl groups is 3. The summed E-state index contributed by atoms with van der Waals surface area (Å²) in [5, 5.41) is 107. The molecule has 0 aromatic rings. The van der Waals surface area contributed by atoms with Gasteiger partial charge < -0.3 is 75.7 Å². The number of carboxylic acids is 9. The summed E-state index contributed by atoms with van der Waals surface area (Å²) in [7, 11) is 0. The van der Waals surface area contributed by atoms with Crippen molar-refractivity contribution < 1.29 is 173 Å². The summed E-state index contributed by atoms with van der Waals surface area (Å²) in [6.07, 6.45) is -7.24. The van der Waals surface area contributed by atoms with Crippen molar-refractivity contribution in [3.8, 4) is 0 Å². The molecule has 0 atom stereocenters. The van der Waals surface area contributed by atoms with Gasteiger partial charge in [-0.15, -0.1) is 0 Å². The van der Waals surface area contributed by atoms with E-state index in [1.54, 1.807) is 0 Å². The number of aliphatic carboxylic acids is 9. The molecule has 0 amide bonds. The van der Waals surface area contributed by atoms with E-state index in [0.717, 1.165) is 0 Å². The second-order valence-electron chi connectivity index (χ2n) is 7.38. The second-order valence-corrected chi connectivity index (χ2v) is 7.38. The molecule has 0 saturated carbocycles. The zero-order chi connectivity index (χ0) is 31.9. The predicted molar refractivity (Wildman–Crippen MR) is 103 cm³/mol. The van der Waals surface area contributed by atoms with E-state index < -0.39 is 109 Å². The summed E-state index contributed by atoms with van der Waals surface area (Å²) < 4.78 is 0. The number of hydrogen-bond donors (Lipinski definition) is 9. The van der Waals surface area contributed by atoms with Crippen molar-refractivity contribution in [2.24, 2.45) is 0 Å². The first-order chi connectivity index (χ1) is 17.3. The third-order valence-corrected chi connectivity index (χ3v) is 3.80. The fourth-order valence-electron chi connectivity index (χ4n) is 2.12. The smallest absolute Gasteiger partial charge is 0.547 e. The summed E-state index contributed by atoms with van der Waals surface area (Å²) in [6, 6.07) is 0. The first-order valence-corrected chi connectivity index (χ1v) is 9.45. The maximum absolute atomic E-state index is 10.2. The minimum atomic E-state index is -2.85. The van der Waals surface area contributed by atoms with Gasteiger partial charge in [-0.3, -0.25) is 28.8 Å². The van der Waals surface area contributed by atoms with Gasteiger partial charge >= 0.3 is 104 Å². The molecule has 0 aliphatic heterocycles. The molecule has 0 fully saturated rings. The van der Waals surface area contributed by atoms with Crippen molar-refractivity contribution in [3.63, 3.8) is 0 Å². The van der Waals surface area contributed by atoms with E-state index in [0.29, 0.717) is 0 Å². The van der Waals surface area contributed by atoms with Gasteiger partial charge in [0, 0.05) is 0 Å². The average Bonchev–Trinajstić information content (AvgIpc) is 2.64. The predicted octanol–water partition coefficient (Wildman–Crippen LogP) is -10.7. The van der Waals surface area contributed by atoms with Gasteiger partial charge in [0.25, 0.3) is 0 Å². The van der Waals surface area contributed by atoms with Crippen LogP contribution in [0.2, 0.25) is 0 Å². The summed E-state index contributed by atoms with van der Waals surface area (Å²) in [5.41, 5.74) is -8.55. The number of hydrogen-bond acceptors (Lipinski definition) is 15. The number of carbonyl (C=O) groups excluding carboxylic acids is 3. The minimum absolute atomic E-state index is 0. The van der Waals surface area contributed by atoms with Crippen LogP contribution in [0, 0.1) is 0 Å². The van der Waals surface area contributed by atoms with Crippen LogP contribution < -0.4 is 66.7 Å². The summed E-state index contributed by atoms with van der Waals surface area (Å²) >= 11 is 0. The first kappa shape index (κ1) is 48.0. The van der Waals surface area contributed by atoms with Crippen molar-refractivity contribution in [2.75, 3.05) is 0 Å². The van der Waals surface area contributed by atoms with Gasteiger partial charge in [-0.05, 0) is 0 Å². The largest absolute Gasteiger partial charge is 2.00 e. The standard InChI is InChI=1S/3C6H8O7.Co.K/c3*7-3(8)1-6(13,5(11)12)2-4(9)10;;/h3*13H,1-2H2,(H,7,8)(H,9,10)(H,11,12);;/q;;;+2;+1/p-3. The third-order valence-electron chi connectivity index (χ3n) is 3.80. The number of rotatable bonds is 15. The van der Waals surface area contributed by atoms with Crippen LogP contribution in [0.25, 0.3) is 0 Å². The van der Waals surface area contributed by atoms with Crippen molar-refractivity contribution in [2.45, 2.75) is 55.3 Å². The molecule has 1 radical (unpaired) electrons. The Hall–Kier alpha value is -2.75. The van der Waals surface area contributed by atoms with E-state index in [9.17, 15) is 58.5 Å². The Kier molecular flexibility index (Phi) is 24.6. The first-order valence-electron chi connectivity index (χ1n) is 9.45. The van der Waals surface area contributed by atoms with Gasteiger partial charge in [0.1, 0.15) is 16.8 Å². The van der Waals surface area contributed by atoms with Crippen molar-refractivity contribution in [1.29, 1.82) is 0 Å². The van der Waals surface area contributed by atoms with Crippen molar-refractivity contribution in [3.05, 3.63) is 0 Å².